The number of benzene rings is 2. The zero-order valence-electron chi connectivity index (χ0n) is 13.7. The third kappa shape index (κ3) is 3.77. The predicted molar refractivity (Wildman–Crippen MR) is 93.3 cm³/mol. The van der Waals surface area contributed by atoms with E-state index in [0.29, 0.717) is 13.0 Å². The summed E-state index contributed by atoms with van der Waals surface area (Å²) in [6.45, 7) is 6.46. The second-order valence-electron chi connectivity index (χ2n) is 6.01. The molecule has 2 aromatic carbocycles. The Morgan fingerprint density at radius 1 is 1.12 bits per heavy atom. The Morgan fingerprint density at radius 2 is 1.88 bits per heavy atom. The fourth-order valence-electron chi connectivity index (χ4n) is 2.75. The molecule has 0 unspecified atom stereocenters. The van der Waals surface area contributed by atoms with Crippen LogP contribution in [0, 0.1) is 0 Å². The molecule has 1 aliphatic rings. The minimum absolute atomic E-state index is 0.00419. The first-order valence-electron chi connectivity index (χ1n) is 7.99. The first kappa shape index (κ1) is 16.1. The number of hydrogen-bond donors (Lipinski definition) is 1. The van der Waals surface area contributed by atoms with E-state index in [9.17, 15) is 4.79 Å². The number of rotatable bonds is 6. The molecule has 1 heterocycles. The van der Waals surface area contributed by atoms with Crippen LogP contribution in [0.3, 0.4) is 0 Å². The second-order valence-corrected chi connectivity index (χ2v) is 6.01. The van der Waals surface area contributed by atoms with Gasteiger partial charge < -0.3 is 14.8 Å². The molecule has 0 aliphatic carbocycles. The van der Waals surface area contributed by atoms with E-state index in [1.807, 2.05) is 55.5 Å². The Balaban J connectivity index is 1.85. The first-order chi connectivity index (χ1) is 11.6. The van der Waals surface area contributed by atoms with Crippen LogP contribution in [0.4, 0.5) is 0 Å². The Kier molecular flexibility index (Phi) is 4.85. The molecule has 1 aliphatic heterocycles. The maximum Gasteiger partial charge on any atom is 0.231 e. The third-order valence-electron chi connectivity index (χ3n) is 3.98. The lowest BCUT2D eigenvalue weighted by atomic mass is 9.88. The van der Waals surface area contributed by atoms with Crippen molar-refractivity contribution in [3.63, 3.8) is 0 Å². The quantitative estimate of drug-likeness (QED) is 0.826. The molecule has 1 N–H and O–H groups in total. The van der Waals surface area contributed by atoms with Crippen LogP contribution in [0.5, 0.6) is 11.5 Å². The molecule has 3 rings (SSSR count). The van der Waals surface area contributed by atoms with Crippen molar-refractivity contribution in [2.24, 2.45) is 0 Å². The van der Waals surface area contributed by atoms with Crippen LogP contribution in [-0.2, 0) is 4.79 Å². The summed E-state index contributed by atoms with van der Waals surface area (Å²) in [6, 6.07) is 15.9. The molecular formula is C20H21NO3. The van der Waals surface area contributed by atoms with Crippen molar-refractivity contribution in [3.8, 4) is 11.5 Å². The average molecular weight is 323 g/mol. The zero-order valence-corrected chi connectivity index (χ0v) is 13.7. The van der Waals surface area contributed by atoms with Gasteiger partial charge in [0.2, 0.25) is 12.7 Å². The van der Waals surface area contributed by atoms with Gasteiger partial charge in [0.15, 0.2) is 11.5 Å². The van der Waals surface area contributed by atoms with Crippen molar-refractivity contribution in [1.29, 1.82) is 0 Å². The molecule has 124 valence electrons. The van der Waals surface area contributed by atoms with Crippen LogP contribution in [0.25, 0.3) is 0 Å². The van der Waals surface area contributed by atoms with Gasteiger partial charge in [-0.1, -0.05) is 48.6 Å². The predicted octanol–water partition coefficient (Wildman–Crippen LogP) is 3.63. The van der Waals surface area contributed by atoms with Crippen LogP contribution in [-0.4, -0.2) is 19.2 Å². The number of nitrogens with one attached hydrogen (secondary N) is 1. The van der Waals surface area contributed by atoms with Crippen LogP contribution in [0.15, 0.2) is 60.7 Å². The van der Waals surface area contributed by atoms with E-state index in [-0.39, 0.29) is 18.6 Å². The number of hydrogen-bond acceptors (Lipinski definition) is 3. The average Bonchev–Trinajstić information content (AvgIpc) is 3.06. The third-order valence-corrected chi connectivity index (χ3v) is 3.98. The van der Waals surface area contributed by atoms with E-state index in [0.717, 1.165) is 28.2 Å². The van der Waals surface area contributed by atoms with E-state index in [4.69, 9.17) is 9.47 Å². The van der Waals surface area contributed by atoms with Crippen molar-refractivity contribution in [2.75, 3.05) is 13.3 Å². The molecule has 0 radical (unpaired) electrons. The molecular weight excluding hydrogens is 302 g/mol. The number of ether oxygens (including phenoxy) is 2. The van der Waals surface area contributed by atoms with E-state index < -0.39 is 0 Å². The Labute approximate surface area is 142 Å². The highest BCUT2D eigenvalue weighted by Gasteiger charge is 2.21. The smallest absolute Gasteiger partial charge is 0.231 e. The fourth-order valence-corrected chi connectivity index (χ4v) is 2.75. The summed E-state index contributed by atoms with van der Waals surface area (Å²) in [5.74, 6) is 1.45. The summed E-state index contributed by atoms with van der Waals surface area (Å²) >= 11 is 0. The molecule has 0 spiro atoms. The number of fused-ring (bicyclic) bond motifs is 1. The molecule has 24 heavy (non-hydrogen) atoms. The van der Waals surface area contributed by atoms with Crippen LogP contribution in [0.1, 0.15) is 30.4 Å². The molecule has 0 saturated heterocycles. The first-order valence-corrected chi connectivity index (χ1v) is 7.99. The lowest BCUT2D eigenvalue weighted by molar-refractivity contribution is -0.121. The molecule has 0 bridgehead atoms. The highest BCUT2D eigenvalue weighted by atomic mass is 16.7. The number of carbonyl (C=O) groups is 1. The van der Waals surface area contributed by atoms with Gasteiger partial charge in [-0.05, 0) is 30.2 Å². The van der Waals surface area contributed by atoms with Gasteiger partial charge in [-0.15, -0.1) is 0 Å². The Hall–Kier alpha value is -2.75. The largest absolute Gasteiger partial charge is 0.454 e. The highest BCUT2D eigenvalue weighted by molar-refractivity contribution is 5.78. The lowest BCUT2D eigenvalue weighted by Gasteiger charge is -2.18. The Morgan fingerprint density at radius 3 is 2.62 bits per heavy atom. The lowest BCUT2D eigenvalue weighted by Crippen LogP contribution is -2.26. The van der Waals surface area contributed by atoms with Crippen molar-refractivity contribution < 1.29 is 14.3 Å². The minimum atomic E-state index is -0.0363. The summed E-state index contributed by atoms with van der Waals surface area (Å²) < 4.78 is 10.8. The summed E-state index contributed by atoms with van der Waals surface area (Å²) in [5.41, 5.74) is 3.07. The van der Waals surface area contributed by atoms with Crippen molar-refractivity contribution in [3.05, 3.63) is 71.8 Å². The van der Waals surface area contributed by atoms with Gasteiger partial charge in [0, 0.05) is 18.9 Å². The normalized spacial score (nSPS) is 13.4. The van der Waals surface area contributed by atoms with Gasteiger partial charge in [0.1, 0.15) is 0 Å². The number of carbonyl (C=O) groups excluding carboxylic acids is 1. The monoisotopic (exact) mass is 323 g/mol. The molecule has 2 aromatic rings. The van der Waals surface area contributed by atoms with Gasteiger partial charge >= 0.3 is 0 Å². The maximum absolute atomic E-state index is 12.3. The zero-order chi connectivity index (χ0) is 16.9. The molecule has 0 aromatic heterocycles. The second kappa shape index (κ2) is 7.21. The SMILES string of the molecule is C=C(C)CNC(=O)C[C@H](c1ccccc1)c1ccc2c(c1)OCO2. The summed E-state index contributed by atoms with van der Waals surface area (Å²) in [5, 5.41) is 2.91. The van der Waals surface area contributed by atoms with Gasteiger partial charge in [-0.25, -0.2) is 0 Å². The minimum Gasteiger partial charge on any atom is -0.454 e. The van der Waals surface area contributed by atoms with Gasteiger partial charge in [0.25, 0.3) is 0 Å². The molecule has 0 saturated carbocycles. The summed E-state index contributed by atoms with van der Waals surface area (Å²) in [7, 11) is 0. The maximum atomic E-state index is 12.3. The van der Waals surface area contributed by atoms with Crippen molar-refractivity contribution in [2.45, 2.75) is 19.3 Å². The topological polar surface area (TPSA) is 47.6 Å². The van der Waals surface area contributed by atoms with Gasteiger partial charge in [0.05, 0.1) is 0 Å². The molecule has 1 atom stereocenters. The molecule has 4 heteroatoms. The van der Waals surface area contributed by atoms with Crippen LogP contribution < -0.4 is 14.8 Å². The fraction of sp³-hybridized carbons (Fsp3) is 0.250. The number of amides is 1. The van der Waals surface area contributed by atoms with Gasteiger partial charge in [-0.3, -0.25) is 4.79 Å². The van der Waals surface area contributed by atoms with E-state index >= 15 is 0 Å². The molecule has 1 amide bonds. The van der Waals surface area contributed by atoms with E-state index in [1.165, 1.54) is 0 Å². The van der Waals surface area contributed by atoms with E-state index in [2.05, 4.69) is 11.9 Å². The van der Waals surface area contributed by atoms with Gasteiger partial charge in [-0.2, -0.15) is 0 Å². The molecule has 4 nitrogen and oxygen atoms in total. The Bertz CT molecular complexity index is 740. The standard InChI is InChI=1S/C20H21NO3/c1-14(2)12-21-20(22)11-17(15-6-4-3-5-7-15)16-8-9-18-19(10-16)24-13-23-18/h3-10,17H,1,11-13H2,2H3,(H,21,22)/t17-/m1/s1. The van der Waals surface area contributed by atoms with E-state index in [1.54, 1.807) is 0 Å². The van der Waals surface area contributed by atoms with Crippen LogP contribution in [0.2, 0.25) is 0 Å². The van der Waals surface area contributed by atoms with Crippen LogP contribution >= 0.6 is 0 Å². The van der Waals surface area contributed by atoms with Crippen molar-refractivity contribution in [1.82, 2.24) is 5.32 Å². The van der Waals surface area contributed by atoms with Crippen molar-refractivity contribution >= 4 is 5.91 Å². The summed E-state index contributed by atoms with van der Waals surface area (Å²) in [6.07, 6.45) is 0.372. The highest BCUT2D eigenvalue weighted by Crippen LogP contribution is 2.37. The summed E-state index contributed by atoms with van der Waals surface area (Å²) in [4.78, 5) is 12.3. The molecule has 0 fully saturated rings.